The Morgan fingerprint density at radius 2 is 1.48 bits per heavy atom. The van der Waals surface area contributed by atoms with Crippen LogP contribution in [0.25, 0.3) is 0 Å². The molecule has 116 valence electrons. The van der Waals surface area contributed by atoms with Crippen LogP contribution in [0.2, 0.25) is 0 Å². The number of aryl methyl sites for hydroxylation is 1. The summed E-state index contributed by atoms with van der Waals surface area (Å²) >= 11 is 0. The number of hydrogen-bond acceptors (Lipinski definition) is 4. The third-order valence-corrected chi connectivity index (χ3v) is 3.94. The Morgan fingerprint density at radius 1 is 0.905 bits per heavy atom. The lowest BCUT2D eigenvalue weighted by Crippen LogP contribution is -2.00. The summed E-state index contributed by atoms with van der Waals surface area (Å²) in [6.07, 6.45) is 6.49. The Morgan fingerprint density at radius 3 is 1.95 bits per heavy atom. The van der Waals surface area contributed by atoms with Crippen molar-refractivity contribution in [1.82, 2.24) is 9.97 Å². The summed E-state index contributed by atoms with van der Waals surface area (Å²) < 4.78 is 11.1. The van der Waals surface area contributed by atoms with E-state index in [0.717, 1.165) is 42.4 Å². The smallest absolute Gasteiger partial charge is 0.197 e. The van der Waals surface area contributed by atoms with Gasteiger partial charge in [-0.1, -0.05) is 34.6 Å². The average molecular weight is 290 g/mol. The normalized spacial score (nSPS) is 14.6. The van der Waals surface area contributed by atoms with E-state index in [4.69, 9.17) is 8.83 Å². The Bertz CT molecular complexity index is 557. The van der Waals surface area contributed by atoms with E-state index in [1.807, 2.05) is 0 Å². The number of oxazole rings is 2. The van der Waals surface area contributed by atoms with E-state index in [1.165, 1.54) is 0 Å². The molecule has 0 aromatic carbocycles. The van der Waals surface area contributed by atoms with E-state index >= 15 is 0 Å². The molecule has 0 aliphatic carbocycles. The van der Waals surface area contributed by atoms with Crippen molar-refractivity contribution >= 4 is 0 Å². The highest BCUT2D eigenvalue weighted by molar-refractivity contribution is 5.04. The van der Waals surface area contributed by atoms with Crippen molar-refractivity contribution in [2.45, 2.75) is 71.6 Å². The number of aromatic nitrogens is 2. The van der Waals surface area contributed by atoms with Crippen LogP contribution in [-0.2, 0) is 6.42 Å². The van der Waals surface area contributed by atoms with Gasteiger partial charge in [-0.15, -0.1) is 0 Å². The summed E-state index contributed by atoms with van der Waals surface area (Å²) in [5, 5.41) is 0. The second kappa shape index (κ2) is 6.92. The lowest BCUT2D eigenvalue weighted by atomic mass is 9.98. The molecule has 2 heterocycles. The Labute approximate surface area is 127 Å². The first kappa shape index (κ1) is 15.8. The monoisotopic (exact) mass is 290 g/mol. The molecule has 4 nitrogen and oxygen atoms in total. The summed E-state index contributed by atoms with van der Waals surface area (Å²) in [5.41, 5.74) is 2.06. The van der Waals surface area contributed by atoms with Crippen LogP contribution >= 0.6 is 0 Å². The molecule has 0 saturated heterocycles. The van der Waals surface area contributed by atoms with E-state index < -0.39 is 0 Å². The molecule has 0 amide bonds. The summed E-state index contributed by atoms with van der Waals surface area (Å²) in [6.45, 7) is 10.7. The third-order valence-electron chi connectivity index (χ3n) is 3.94. The van der Waals surface area contributed by atoms with E-state index in [-0.39, 0.29) is 0 Å². The molecule has 0 spiro atoms. The van der Waals surface area contributed by atoms with Crippen molar-refractivity contribution in [3.63, 3.8) is 0 Å². The number of nitrogens with zero attached hydrogens (tertiary/aromatic N) is 2. The molecule has 2 atom stereocenters. The lowest BCUT2D eigenvalue weighted by molar-refractivity contribution is 0.403. The number of rotatable bonds is 7. The van der Waals surface area contributed by atoms with Gasteiger partial charge in [0.1, 0.15) is 12.5 Å². The van der Waals surface area contributed by atoms with Gasteiger partial charge in [-0.2, -0.15) is 0 Å². The first-order valence-electron chi connectivity index (χ1n) is 7.90. The standard InChI is InChI=1S/C17H26N2O2/c1-6-14-9-20-16(18-14)12(4)7-8-13(5)17-19-15(10-21-17)11(2)3/h9-13H,6-8H2,1-5H3. The molecule has 0 radical (unpaired) electrons. The first-order valence-corrected chi connectivity index (χ1v) is 7.90. The molecule has 0 fully saturated rings. The molecule has 2 aromatic rings. The van der Waals surface area contributed by atoms with Gasteiger partial charge in [-0.3, -0.25) is 0 Å². The summed E-state index contributed by atoms with van der Waals surface area (Å²) in [5.74, 6) is 2.74. The second-order valence-electron chi connectivity index (χ2n) is 6.18. The Balaban J connectivity index is 1.89. The van der Waals surface area contributed by atoms with Gasteiger partial charge in [-0.25, -0.2) is 9.97 Å². The predicted octanol–water partition coefficient (Wildman–Crippen LogP) is 5.04. The Hall–Kier alpha value is -1.58. The van der Waals surface area contributed by atoms with Crippen molar-refractivity contribution < 1.29 is 8.83 Å². The molecule has 0 N–H and O–H groups in total. The minimum atomic E-state index is 0.320. The molecule has 2 aromatic heterocycles. The molecule has 0 bridgehead atoms. The van der Waals surface area contributed by atoms with Gasteiger partial charge in [-0.05, 0) is 25.2 Å². The minimum Gasteiger partial charge on any atom is -0.448 e. The van der Waals surface area contributed by atoms with Crippen molar-refractivity contribution in [2.24, 2.45) is 0 Å². The minimum absolute atomic E-state index is 0.320. The van der Waals surface area contributed by atoms with Crippen LogP contribution in [0, 0.1) is 0 Å². The molecule has 4 heteroatoms. The molecule has 2 unspecified atom stereocenters. The van der Waals surface area contributed by atoms with Gasteiger partial charge < -0.3 is 8.83 Å². The molecule has 0 saturated carbocycles. The van der Waals surface area contributed by atoms with E-state index in [9.17, 15) is 0 Å². The zero-order valence-electron chi connectivity index (χ0n) is 13.7. The van der Waals surface area contributed by atoms with Crippen molar-refractivity contribution in [3.8, 4) is 0 Å². The largest absolute Gasteiger partial charge is 0.448 e. The number of hydrogen-bond donors (Lipinski definition) is 0. The topological polar surface area (TPSA) is 52.1 Å². The van der Waals surface area contributed by atoms with Gasteiger partial charge in [0.25, 0.3) is 0 Å². The van der Waals surface area contributed by atoms with E-state index in [0.29, 0.717) is 17.8 Å². The van der Waals surface area contributed by atoms with Gasteiger partial charge in [0, 0.05) is 11.8 Å². The fraction of sp³-hybridized carbons (Fsp3) is 0.647. The van der Waals surface area contributed by atoms with E-state index in [1.54, 1.807) is 12.5 Å². The van der Waals surface area contributed by atoms with Gasteiger partial charge in [0.05, 0.1) is 11.4 Å². The molecule has 0 aliphatic heterocycles. The maximum atomic E-state index is 5.60. The zero-order valence-corrected chi connectivity index (χ0v) is 13.7. The fourth-order valence-corrected chi connectivity index (χ4v) is 2.25. The summed E-state index contributed by atoms with van der Waals surface area (Å²) in [4.78, 5) is 9.07. The van der Waals surface area contributed by atoms with E-state index in [2.05, 4.69) is 44.6 Å². The van der Waals surface area contributed by atoms with Crippen LogP contribution in [-0.4, -0.2) is 9.97 Å². The average Bonchev–Trinajstić information content (AvgIpc) is 3.12. The SMILES string of the molecule is CCc1coc(C(C)CCC(C)c2nc(C(C)C)co2)n1. The fourth-order valence-electron chi connectivity index (χ4n) is 2.25. The molecule has 2 rings (SSSR count). The van der Waals surface area contributed by atoms with Crippen LogP contribution in [0.15, 0.2) is 21.4 Å². The van der Waals surface area contributed by atoms with Crippen LogP contribution in [0.5, 0.6) is 0 Å². The third kappa shape index (κ3) is 3.96. The molecular weight excluding hydrogens is 264 g/mol. The van der Waals surface area contributed by atoms with Gasteiger partial charge in [0.15, 0.2) is 11.8 Å². The zero-order chi connectivity index (χ0) is 15.4. The summed E-state index contributed by atoms with van der Waals surface area (Å²) in [7, 11) is 0. The molecule has 0 aliphatic rings. The van der Waals surface area contributed by atoms with Gasteiger partial charge in [0.2, 0.25) is 0 Å². The molecular formula is C17H26N2O2. The maximum absolute atomic E-state index is 5.60. The highest BCUT2D eigenvalue weighted by atomic mass is 16.3. The van der Waals surface area contributed by atoms with Crippen LogP contribution in [0.3, 0.4) is 0 Å². The van der Waals surface area contributed by atoms with Crippen molar-refractivity contribution in [2.75, 3.05) is 0 Å². The van der Waals surface area contributed by atoms with Crippen molar-refractivity contribution in [3.05, 3.63) is 35.7 Å². The Kier molecular flexibility index (Phi) is 5.21. The summed E-state index contributed by atoms with van der Waals surface area (Å²) in [6, 6.07) is 0. The predicted molar refractivity (Wildman–Crippen MR) is 82.5 cm³/mol. The first-order chi connectivity index (χ1) is 10.0. The molecule has 21 heavy (non-hydrogen) atoms. The highest BCUT2D eigenvalue weighted by Crippen LogP contribution is 2.28. The van der Waals surface area contributed by atoms with Crippen LogP contribution in [0.4, 0.5) is 0 Å². The maximum Gasteiger partial charge on any atom is 0.197 e. The van der Waals surface area contributed by atoms with Crippen LogP contribution in [0.1, 0.15) is 88.4 Å². The second-order valence-corrected chi connectivity index (χ2v) is 6.18. The van der Waals surface area contributed by atoms with Gasteiger partial charge >= 0.3 is 0 Å². The highest BCUT2D eigenvalue weighted by Gasteiger charge is 2.18. The lowest BCUT2D eigenvalue weighted by Gasteiger charge is -2.10. The van der Waals surface area contributed by atoms with Crippen molar-refractivity contribution in [1.29, 1.82) is 0 Å². The van der Waals surface area contributed by atoms with Crippen LogP contribution < -0.4 is 0 Å². The quantitative estimate of drug-likeness (QED) is 0.717.